The second-order valence-corrected chi connectivity index (χ2v) is 6.98. The van der Waals surface area contributed by atoms with Gasteiger partial charge in [-0.05, 0) is 50.8 Å². The Morgan fingerprint density at radius 2 is 1.88 bits per heavy atom. The van der Waals surface area contributed by atoms with Crippen LogP contribution in [0.4, 0.5) is 0 Å². The van der Waals surface area contributed by atoms with Crippen LogP contribution in [0.25, 0.3) is 0 Å². The summed E-state index contributed by atoms with van der Waals surface area (Å²) < 4.78 is 11.6. The quantitative estimate of drug-likeness (QED) is 0.712. The van der Waals surface area contributed by atoms with Crippen molar-refractivity contribution in [1.29, 1.82) is 0 Å². The van der Waals surface area contributed by atoms with Crippen LogP contribution in [0.3, 0.4) is 0 Å². The van der Waals surface area contributed by atoms with Crippen LogP contribution in [0.5, 0.6) is 5.75 Å². The van der Waals surface area contributed by atoms with Gasteiger partial charge in [-0.25, -0.2) is 0 Å². The Kier molecular flexibility index (Phi) is 8.65. The lowest BCUT2D eigenvalue weighted by molar-refractivity contribution is -0.155. The lowest BCUT2D eigenvalue weighted by Crippen LogP contribution is -2.41. The number of rotatable bonds is 6. The molecule has 7 heteroatoms. The molecule has 4 nitrogen and oxygen atoms in total. The number of carbonyl (C=O) groups excluding carboxylic acids is 1. The molecule has 136 valence electrons. The number of hydrogen-bond acceptors (Lipinski definition) is 4. The molecule has 1 aromatic carbocycles. The van der Waals surface area contributed by atoms with E-state index >= 15 is 0 Å². The second-order valence-electron chi connectivity index (χ2n) is 6.13. The first-order valence-electron chi connectivity index (χ1n) is 7.96. The molecule has 0 unspecified atom stereocenters. The first kappa shape index (κ1) is 21.4. The molecule has 0 bridgehead atoms. The van der Waals surface area contributed by atoms with Crippen LogP contribution < -0.4 is 10.5 Å². The van der Waals surface area contributed by atoms with Crippen molar-refractivity contribution in [2.24, 2.45) is 11.7 Å². The molecule has 2 rings (SSSR count). The first-order chi connectivity index (χ1) is 10.9. The van der Waals surface area contributed by atoms with Crippen LogP contribution >= 0.6 is 35.6 Å². The number of ether oxygens (including phenoxy) is 2. The summed E-state index contributed by atoms with van der Waals surface area (Å²) in [6.45, 7) is 3.45. The summed E-state index contributed by atoms with van der Waals surface area (Å²) in [5, 5.41) is 1.00. The molecule has 0 aromatic heterocycles. The third-order valence-corrected chi connectivity index (χ3v) is 4.69. The molecular formula is C17H24Cl3NO3. The van der Waals surface area contributed by atoms with Crippen molar-refractivity contribution in [2.75, 3.05) is 0 Å². The van der Waals surface area contributed by atoms with E-state index < -0.39 is 18.1 Å². The molecule has 0 saturated heterocycles. The molecule has 24 heavy (non-hydrogen) atoms. The van der Waals surface area contributed by atoms with E-state index in [1.807, 2.05) is 6.92 Å². The predicted molar refractivity (Wildman–Crippen MR) is 99.3 cm³/mol. The van der Waals surface area contributed by atoms with Crippen molar-refractivity contribution in [1.82, 2.24) is 0 Å². The van der Waals surface area contributed by atoms with Gasteiger partial charge in [0.25, 0.3) is 0 Å². The van der Waals surface area contributed by atoms with Crippen LogP contribution in [-0.4, -0.2) is 24.2 Å². The standard InChI is InChI=1S/C17H23Cl2NO3.ClH/c1-10(20)17(21)22-11(2)16(12-5-3-4-6-12)23-15-8-7-13(18)9-14(15)19;/h7-12,16H,3-6,20H2,1-2H3;1H/t10-,11-,16-;/m0./s1. The van der Waals surface area contributed by atoms with Gasteiger partial charge in [-0.2, -0.15) is 0 Å². The van der Waals surface area contributed by atoms with Crippen molar-refractivity contribution in [2.45, 2.75) is 57.8 Å². The fourth-order valence-electron chi connectivity index (χ4n) is 2.94. The smallest absolute Gasteiger partial charge is 0.323 e. The normalized spacial score (nSPS) is 18.4. The van der Waals surface area contributed by atoms with E-state index in [0.717, 1.165) is 25.7 Å². The Morgan fingerprint density at radius 1 is 1.25 bits per heavy atom. The average molecular weight is 397 g/mol. The average Bonchev–Trinajstić information content (AvgIpc) is 3.00. The number of hydrogen-bond donors (Lipinski definition) is 1. The van der Waals surface area contributed by atoms with Crippen molar-refractivity contribution >= 4 is 41.6 Å². The van der Waals surface area contributed by atoms with Gasteiger partial charge < -0.3 is 15.2 Å². The van der Waals surface area contributed by atoms with Crippen LogP contribution in [0.1, 0.15) is 39.5 Å². The third kappa shape index (κ3) is 5.69. The maximum absolute atomic E-state index is 11.8. The Bertz CT molecular complexity index is 548. The molecule has 0 radical (unpaired) electrons. The van der Waals surface area contributed by atoms with Crippen molar-refractivity contribution in [3.8, 4) is 5.75 Å². The highest BCUT2D eigenvalue weighted by atomic mass is 35.5. The van der Waals surface area contributed by atoms with Gasteiger partial charge in [0.2, 0.25) is 0 Å². The minimum atomic E-state index is -0.652. The molecule has 3 atom stereocenters. The van der Waals surface area contributed by atoms with Gasteiger partial charge in [-0.3, -0.25) is 4.79 Å². The monoisotopic (exact) mass is 395 g/mol. The highest BCUT2D eigenvalue weighted by molar-refractivity contribution is 6.35. The second kappa shape index (κ2) is 9.71. The molecule has 1 fully saturated rings. The van der Waals surface area contributed by atoms with E-state index in [1.165, 1.54) is 0 Å². The summed E-state index contributed by atoms with van der Waals surface area (Å²) >= 11 is 12.1. The van der Waals surface area contributed by atoms with Crippen molar-refractivity contribution < 1.29 is 14.3 Å². The molecule has 1 aliphatic carbocycles. The molecule has 0 spiro atoms. The Labute approximate surface area is 159 Å². The molecule has 0 aliphatic heterocycles. The number of esters is 1. The van der Waals surface area contributed by atoms with Crippen LogP contribution in [0.15, 0.2) is 18.2 Å². The maximum Gasteiger partial charge on any atom is 0.323 e. The summed E-state index contributed by atoms with van der Waals surface area (Å²) in [5.41, 5.74) is 5.58. The van der Waals surface area contributed by atoms with Gasteiger partial charge in [-0.15, -0.1) is 12.4 Å². The predicted octanol–water partition coefficient (Wildman–Crippen LogP) is 4.63. The zero-order chi connectivity index (χ0) is 17.0. The number of halogens is 3. The fourth-order valence-corrected chi connectivity index (χ4v) is 3.39. The topological polar surface area (TPSA) is 61.6 Å². The highest BCUT2D eigenvalue weighted by Crippen LogP contribution is 2.35. The zero-order valence-electron chi connectivity index (χ0n) is 13.8. The number of nitrogens with two attached hydrogens (primary N) is 1. The van der Waals surface area contributed by atoms with Gasteiger partial charge in [0.15, 0.2) is 0 Å². The summed E-state index contributed by atoms with van der Waals surface area (Å²) in [4.78, 5) is 11.8. The van der Waals surface area contributed by atoms with Crippen LogP contribution in [0, 0.1) is 5.92 Å². The summed E-state index contributed by atoms with van der Waals surface area (Å²) in [5.74, 6) is 0.459. The van der Waals surface area contributed by atoms with Crippen molar-refractivity contribution in [3.63, 3.8) is 0 Å². The lowest BCUT2D eigenvalue weighted by atomic mass is 9.96. The van der Waals surface area contributed by atoms with E-state index in [1.54, 1.807) is 25.1 Å². The number of carbonyl (C=O) groups is 1. The zero-order valence-corrected chi connectivity index (χ0v) is 16.2. The molecule has 1 aliphatic rings. The Hall–Kier alpha value is -0.680. The van der Waals surface area contributed by atoms with Crippen LogP contribution in [0.2, 0.25) is 10.0 Å². The first-order valence-corrected chi connectivity index (χ1v) is 8.72. The van der Waals surface area contributed by atoms with E-state index in [0.29, 0.717) is 21.7 Å². The minimum Gasteiger partial charge on any atom is -0.485 e. The van der Waals surface area contributed by atoms with E-state index in [4.69, 9.17) is 38.4 Å². The van der Waals surface area contributed by atoms with E-state index in [2.05, 4.69) is 0 Å². The Balaban J connectivity index is 0.00000288. The van der Waals surface area contributed by atoms with E-state index in [9.17, 15) is 4.79 Å². The third-order valence-electron chi connectivity index (χ3n) is 4.16. The van der Waals surface area contributed by atoms with Gasteiger partial charge in [-0.1, -0.05) is 36.0 Å². The number of benzene rings is 1. The fraction of sp³-hybridized carbons (Fsp3) is 0.588. The molecule has 2 N–H and O–H groups in total. The SMILES string of the molecule is C[C@H](N)C(=O)O[C@@H](C)[C@H](Oc1ccc(Cl)cc1Cl)C1CCCC1.Cl. The largest absolute Gasteiger partial charge is 0.485 e. The van der Waals surface area contributed by atoms with Crippen LogP contribution in [-0.2, 0) is 9.53 Å². The minimum absolute atomic E-state index is 0. The van der Waals surface area contributed by atoms with Gasteiger partial charge in [0.05, 0.1) is 5.02 Å². The van der Waals surface area contributed by atoms with Gasteiger partial charge in [0.1, 0.15) is 24.0 Å². The molecular weight excluding hydrogens is 373 g/mol. The van der Waals surface area contributed by atoms with E-state index in [-0.39, 0.29) is 18.5 Å². The Morgan fingerprint density at radius 3 is 2.42 bits per heavy atom. The summed E-state index contributed by atoms with van der Waals surface area (Å²) in [7, 11) is 0. The molecule has 0 heterocycles. The summed E-state index contributed by atoms with van der Waals surface area (Å²) in [6, 6.07) is 4.46. The van der Waals surface area contributed by atoms with Gasteiger partial charge >= 0.3 is 5.97 Å². The van der Waals surface area contributed by atoms with Gasteiger partial charge in [0, 0.05) is 5.02 Å². The highest BCUT2D eigenvalue weighted by Gasteiger charge is 2.34. The summed E-state index contributed by atoms with van der Waals surface area (Å²) in [6.07, 6.45) is 3.77. The molecule has 1 saturated carbocycles. The molecule has 1 aromatic rings. The lowest BCUT2D eigenvalue weighted by Gasteiger charge is -2.30. The maximum atomic E-state index is 11.8. The molecule has 0 amide bonds. The van der Waals surface area contributed by atoms with Crippen molar-refractivity contribution in [3.05, 3.63) is 28.2 Å².